The number of carboxylic acid groups (broad SMARTS) is 1. The number of hydrogen-bond acceptors (Lipinski definition) is 6. The Morgan fingerprint density at radius 3 is 2.82 bits per heavy atom. The molecule has 0 bridgehead atoms. The zero-order valence-electron chi connectivity index (χ0n) is 9.13. The summed E-state index contributed by atoms with van der Waals surface area (Å²) in [5.74, 6) is -1.08. The van der Waals surface area contributed by atoms with Gasteiger partial charge in [0.25, 0.3) is 6.01 Å². The van der Waals surface area contributed by atoms with E-state index in [0.29, 0.717) is 6.42 Å². The van der Waals surface area contributed by atoms with Crippen LogP contribution in [0.5, 0.6) is 0 Å². The number of carboxylic acids is 1. The van der Waals surface area contributed by atoms with Gasteiger partial charge in [0.05, 0.1) is 17.0 Å². The van der Waals surface area contributed by atoms with Crippen LogP contribution >= 0.6 is 0 Å². The standard InChI is InChI=1S/C9H12N2O5S/c1-9(2-3-17(14,15)5-9)11-8-10-6(4-16-8)7(12)13/h4H,2-3,5H2,1H3,(H,10,11)(H,12,13). The molecule has 1 aliphatic heterocycles. The summed E-state index contributed by atoms with van der Waals surface area (Å²) in [4.78, 5) is 14.3. The second-order valence-corrected chi connectivity index (χ2v) is 6.55. The lowest BCUT2D eigenvalue weighted by Gasteiger charge is -2.22. The van der Waals surface area contributed by atoms with Gasteiger partial charge < -0.3 is 14.8 Å². The van der Waals surface area contributed by atoms with E-state index in [0.717, 1.165) is 6.26 Å². The minimum atomic E-state index is -3.03. The fourth-order valence-electron chi connectivity index (χ4n) is 1.80. The monoisotopic (exact) mass is 260 g/mol. The van der Waals surface area contributed by atoms with Crippen molar-refractivity contribution in [1.29, 1.82) is 0 Å². The summed E-state index contributed by atoms with van der Waals surface area (Å²) in [5, 5.41) is 11.5. The molecule has 1 saturated heterocycles. The van der Waals surface area contributed by atoms with E-state index in [1.165, 1.54) is 0 Å². The molecule has 8 heteroatoms. The second-order valence-electron chi connectivity index (χ2n) is 4.37. The third kappa shape index (κ3) is 2.57. The number of nitrogens with zero attached hydrogens (tertiary/aromatic N) is 1. The first-order valence-corrected chi connectivity index (χ1v) is 6.79. The maximum absolute atomic E-state index is 11.4. The van der Waals surface area contributed by atoms with Gasteiger partial charge in [0.2, 0.25) is 0 Å². The van der Waals surface area contributed by atoms with Gasteiger partial charge in [-0.1, -0.05) is 0 Å². The largest absolute Gasteiger partial charge is 0.476 e. The van der Waals surface area contributed by atoms with Crippen molar-refractivity contribution in [3.05, 3.63) is 12.0 Å². The molecule has 2 heterocycles. The molecule has 94 valence electrons. The molecule has 2 N–H and O–H groups in total. The molecule has 0 saturated carbocycles. The molecule has 1 atom stereocenters. The van der Waals surface area contributed by atoms with E-state index < -0.39 is 21.3 Å². The number of oxazole rings is 1. The summed E-state index contributed by atoms with van der Waals surface area (Å²) in [6.45, 7) is 1.74. The first kappa shape index (κ1) is 11.9. The molecule has 1 fully saturated rings. The van der Waals surface area contributed by atoms with Gasteiger partial charge in [-0.25, -0.2) is 13.2 Å². The Morgan fingerprint density at radius 2 is 2.35 bits per heavy atom. The van der Waals surface area contributed by atoms with Crippen LogP contribution in [0.25, 0.3) is 0 Å². The fourth-order valence-corrected chi connectivity index (χ4v) is 3.89. The van der Waals surface area contributed by atoms with Crippen molar-refractivity contribution < 1.29 is 22.7 Å². The van der Waals surface area contributed by atoms with Crippen molar-refractivity contribution in [2.75, 3.05) is 16.8 Å². The van der Waals surface area contributed by atoms with Crippen molar-refractivity contribution in [2.45, 2.75) is 18.9 Å². The highest BCUT2D eigenvalue weighted by atomic mass is 32.2. The number of hydrogen-bond donors (Lipinski definition) is 2. The Hall–Kier alpha value is -1.57. The molecule has 1 aliphatic rings. The quantitative estimate of drug-likeness (QED) is 0.807. The summed E-state index contributed by atoms with van der Waals surface area (Å²) in [6.07, 6.45) is 1.46. The highest BCUT2D eigenvalue weighted by Crippen LogP contribution is 2.27. The molecular formula is C9H12N2O5S. The molecule has 17 heavy (non-hydrogen) atoms. The van der Waals surface area contributed by atoms with Gasteiger partial charge in [0, 0.05) is 0 Å². The van der Waals surface area contributed by atoms with Crippen molar-refractivity contribution in [3.63, 3.8) is 0 Å². The lowest BCUT2D eigenvalue weighted by Crippen LogP contribution is -2.36. The maximum Gasteiger partial charge on any atom is 0.357 e. The van der Waals surface area contributed by atoms with Crippen molar-refractivity contribution in [3.8, 4) is 0 Å². The van der Waals surface area contributed by atoms with Crippen LogP contribution in [0, 0.1) is 0 Å². The number of sulfone groups is 1. The molecule has 1 unspecified atom stereocenters. The van der Waals surface area contributed by atoms with Crippen LogP contribution in [-0.2, 0) is 9.84 Å². The smallest absolute Gasteiger partial charge is 0.357 e. The van der Waals surface area contributed by atoms with Crippen LogP contribution in [0.3, 0.4) is 0 Å². The Labute approximate surface area is 97.8 Å². The number of anilines is 1. The lowest BCUT2D eigenvalue weighted by atomic mass is 10.0. The number of nitrogens with one attached hydrogen (secondary N) is 1. The Morgan fingerprint density at radius 1 is 1.65 bits per heavy atom. The van der Waals surface area contributed by atoms with Crippen LogP contribution < -0.4 is 5.32 Å². The van der Waals surface area contributed by atoms with Gasteiger partial charge in [-0.05, 0) is 13.3 Å². The zero-order chi connectivity index (χ0) is 12.7. The van der Waals surface area contributed by atoms with E-state index in [1.807, 2.05) is 0 Å². The van der Waals surface area contributed by atoms with Crippen molar-refractivity contribution >= 4 is 21.8 Å². The van der Waals surface area contributed by atoms with Gasteiger partial charge in [0.1, 0.15) is 6.26 Å². The topological polar surface area (TPSA) is 110 Å². The van der Waals surface area contributed by atoms with E-state index in [4.69, 9.17) is 9.52 Å². The van der Waals surface area contributed by atoms with E-state index in [9.17, 15) is 13.2 Å². The van der Waals surface area contributed by atoms with Gasteiger partial charge >= 0.3 is 5.97 Å². The fraction of sp³-hybridized carbons (Fsp3) is 0.556. The molecule has 0 aromatic carbocycles. The molecule has 1 aromatic heterocycles. The molecular weight excluding hydrogens is 248 g/mol. The van der Waals surface area contributed by atoms with Crippen LogP contribution in [0.4, 0.5) is 6.01 Å². The summed E-state index contributed by atoms with van der Waals surface area (Å²) < 4.78 is 27.7. The SMILES string of the molecule is CC1(Nc2nc(C(=O)O)co2)CCS(=O)(=O)C1. The molecule has 0 spiro atoms. The second kappa shape index (κ2) is 3.73. The molecule has 1 aromatic rings. The molecule has 7 nitrogen and oxygen atoms in total. The average Bonchev–Trinajstić information content (AvgIpc) is 2.72. The normalized spacial score (nSPS) is 26.9. The number of rotatable bonds is 3. The highest BCUT2D eigenvalue weighted by Gasteiger charge is 2.39. The third-order valence-corrected chi connectivity index (χ3v) is 4.54. The van der Waals surface area contributed by atoms with Crippen molar-refractivity contribution in [1.82, 2.24) is 4.98 Å². The summed E-state index contributed by atoms with van der Waals surface area (Å²) >= 11 is 0. The Kier molecular flexibility index (Phi) is 2.61. The number of aromatic carboxylic acids is 1. The van der Waals surface area contributed by atoms with Gasteiger partial charge in [-0.3, -0.25) is 0 Å². The molecule has 0 amide bonds. The minimum Gasteiger partial charge on any atom is -0.476 e. The van der Waals surface area contributed by atoms with Crippen LogP contribution in [0.1, 0.15) is 23.8 Å². The summed E-state index contributed by atoms with van der Waals surface area (Å²) in [6, 6.07) is 0.0296. The third-order valence-electron chi connectivity index (χ3n) is 2.64. The van der Waals surface area contributed by atoms with Crippen LogP contribution in [-0.4, -0.2) is 41.5 Å². The Balaban J connectivity index is 2.13. The van der Waals surface area contributed by atoms with E-state index in [-0.39, 0.29) is 23.2 Å². The first-order chi connectivity index (χ1) is 7.80. The molecule has 0 aliphatic carbocycles. The van der Waals surface area contributed by atoms with Gasteiger partial charge in [-0.15, -0.1) is 0 Å². The van der Waals surface area contributed by atoms with E-state index >= 15 is 0 Å². The Bertz CT molecular complexity index is 549. The van der Waals surface area contributed by atoms with Gasteiger partial charge in [-0.2, -0.15) is 4.98 Å². The maximum atomic E-state index is 11.4. The highest BCUT2D eigenvalue weighted by molar-refractivity contribution is 7.91. The molecule has 2 rings (SSSR count). The minimum absolute atomic E-state index is 0.00914. The average molecular weight is 260 g/mol. The van der Waals surface area contributed by atoms with E-state index in [2.05, 4.69) is 10.3 Å². The lowest BCUT2D eigenvalue weighted by molar-refractivity contribution is 0.0690. The predicted octanol–water partition coefficient (Wildman–Crippen LogP) is 0.362. The first-order valence-electron chi connectivity index (χ1n) is 4.97. The van der Waals surface area contributed by atoms with Crippen LogP contribution in [0.15, 0.2) is 10.7 Å². The number of carbonyl (C=O) groups is 1. The summed E-state index contributed by atoms with van der Waals surface area (Å²) in [7, 11) is -3.03. The van der Waals surface area contributed by atoms with Gasteiger partial charge in [0.15, 0.2) is 15.5 Å². The number of aromatic nitrogens is 1. The summed E-state index contributed by atoms with van der Waals surface area (Å²) in [5.41, 5.74) is -0.864. The predicted molar refractivity (Wildman–Crippen MR) is 58.8 cm³/mol. The molecule has 0 radical (unpaired) electrons. The van der Waals surface area contributed by atoms with Crippen LogP contribution in [0.2, 0.25) is 0 Å². The van der Waals surface area contributed by atoms with Crippen molar-refractivity contribution in [2.24, 2.45) is 0 Å². The van der Waals surface area contributed by atoms with E-state index in [1.54, 1.807) is 6.92 Å². The zero-order valence-corrected chi connectivity index (χ0v) is 9.95.